The van der Waals surface area contributed by atoms with E-state index in [1.54, 1.807) is 0 Å². The number of primary sulfonamides is 1. The Balaban J connectivity index is 1.96. The Hall–Kier alpha value is -2.45. The SMILES string of the molecule is NS(=O)(=O)c1ccc(N[C@@H]2CCc3ccccc32)c([N+](=O)[O-])c1. The second kappa shape index (κ2) is 5.64. The largest absolute Gasteiger partial charge is 0.373 e. The van der Waals surface area contributed by atoms with Gasteiger partial charge in [0.2, 0.25) is 10.0 Å². The van der Waals surface area contributed by atoms with Gasteiger partial charge in [-0.2, -0.15) is 0 Å². The molecule has 0 spiro atoms. The highest BCUT2D eigenvalue weighted by atomic mass is 32.2. The molecule has 0 saturated heterocycles. The molecule has 2 aromatic carbocycles. The molecule has 0 fully saturated rings. The summed E-state index contributed by atoms with van der Waals surface area (Å²) in [6.45, 7) is 0. The van der Waals surface area contributed by atoms with Crippen LogP contribution >= 0.6 is 0 Å². The number of sulfonamides is 1. The molecule has 0 radical (unpaired) electrons. The van der Waals surface area contributed by atoms with Crippen molar-refractivity contribution >= 4 is 21.4 Å². The van der Waals surface area contributed by atoms with Crippen LogP contribution in [0.4, 0.5) is 11.4 Å². The van der Waals surface area contributed by atoms with Crippen LogP contribution in [0.1, 0.15) is 23.6 Å². The van der Waals surface area contributed by atoms with Gasteiger partial charge in [0.05, 0.1) is 15.9 Å². The van der Waals surface area contributed by atoms with Gasteiger partial charge in [0.15, 0.2) is 0 Å². The normalized spacial score (nSPS) is 16.8. The van der Waals surface area contributed by atoms with E-state index < -0.39 is 14.9 Å². The van der Waals surface area contributed by atoms with Gasteiger partial charge >= 0.3 is 0 Å². The highest BCUT2D eigenvalue weighted by molar-refractivity contribution is 7.89. The van der Waals surface area contributed by atoms with Crippen molar-refractivity contribution in [3.05, 3.63) is 63.7 Å². The number of nitrogens with one attached hydrogen (secondary N) is 1. The van der Waals surface area contributed by atoms with E-state index in [-0.39, 0.29) is 22.3 Å². The molecule has 8 heteroatoms. The number of anilines is 1. The fourth-order valence-corrected chi connectivity index (χ4v) is 3.39. The smallest absolute Gasteiger partial charge is 0.293 e. The average molecular weight is 333 g/mol. The van der Waals surface area contributed by atoms with Gasteiger partial charge in [0, 0.05) is 6.07 Å². The highest BCUT2D eigenvalue weighted by Gasteiger charge is 2.25. The molecule has 23 heavy (non-hydrogen) atoms. The summed E-state index contributed by atoms with van der Waals surface area (Å²) in [5.74, 6) is 0. The van der Waals surface area contributed by atoms with Gasteiger partial charge in [-0.15, -0.1) is 0 Å². The molecule has 120 valence electrons. The lowest BCUT2D eigenvalue weighted by atomic mass is 10.1. The number of hydrogen-bond donors (Lipinski definition) is 2. The zero-order valence-corrected chi connectivity index (χ0v) is 12.9. The number of aryl methyl sites for hydroxylation is 1. The molecule has 0 amide bonds. The van der Waals surface area contributed by atoms with Gasteiger partial charge in [-0.25, -0.2) is 13.6 Å². The van der Waals surface area contributed by atoms with Crippen LogP contribution in [0.2, 0.25) is 0 Å². The Morgan fingerprint density at radius 3 is 2.65 bits per heavy atom. The van der Waals surface area contributed by atoms with Crippen molar-refractivity contribution in [1.29, 1.82) is 0 Å². The van der Waals surface area contributed by atoms with E-state index in [4.69, 9.17) is 5.14 Å². The third-order valence-corrected chi connectivity index (χ3v) is 4.87. The molecule has 1 aliphatic carbocycles. The minimum Gasteiger partial charge on any atom is -0.373 e. The molecule has 0 heterocycles. The summed E-state index contributed by atoms with van der Waals surface area (Å²) >= 11 is 0. The first-order valence-corrected chi connectivity index (χ1v) is 8.56. The monoisotopic (exact) mass is 333 g/mol. The first-order valence-electron chi connectivity index (χ1n) is 7.02. The van der Waals surface area contributed by atoms with Crippen LogP contribution in [0.25, 0.3) is 0 Å². The number of nitro benzene ring substituents is 1. The summed E-state index contributed by atoms with van der Waals surface area (Å²) in [6.07, 6.45) is 1.73. The number of nitro groups is 1. The molecule has 0 bridgehead atoms. The molecule has 0 saturated carbocycles. The minimum absolute atomic E-state index is 0.0368. The van der Waals surface area contributed by atoms with Crippen molar-refractivity contribution < 1.29 is 13.3 Å². The van der Waals surface area contributed by atoms with Crippen molar-refractivity contribution in [3.8, 4) is 0 Å². The van der Waals surface area contributed by atoms with Gasteiger partial charge in [-0.3, -0.25) is 10.1 Å². The van der Waals surface area contributed by atoms with Crippen LogP contribution in [0.3, 0.4) is 0 Å². The van der Waals surface area contributed by atoms with Crippen molar-refractivity contribution in [2.24, 2.45) is 5.14 Å². The number of hydrogen-bond acceptors (Lipinski definition) is 5. The van der Waals surface area contributed by atoms with Crippen LogP contribution in [-0.2, 0) is 16.4 Å². The van der Waals surface area contributed by atoms with Crippen LogP contribution in [-0.4, -0.2) is 13.3 Å². The standard InChI is InChI=1S/C15H15N3O4S/c16-23(21,22)11-6-8-14(15(9-11)18(19)20)17-13-7-5-10-3-1-2-4-12(10)13/h1-4,6,8-9,13,17H,5,7H2,(H2,16,21,22)/t13-/m1/s1. The maximum absolute atomic E-state index is 11.4. The Morgan fingerprint density at radius 2 is 1.96 bits per heavy atom. The molecule has 0 aliphatic heterocycles. The van der Waals surface area contributed by atoms with E-state index in [0.717, 1.165) is 24.5 Å². The quantitative estimate of drug-likeness (QED) is 0.658. The Bertz CT molecular complexity index is 880. The molecule has 2 aromatic rings. The van der Waals surface area contributed by atoms with E-state index >= 15 is 0 Å². The van der Waals surface area contributed by atoms with E-state index in [0.29, 0.717) is 0 Å². The molecule has 3 N–H and O–H groups in total. The van der Waals surface area contributed by atoms with E-state index in [1.807, 2.05) is 24.3 Å². The third-order valence-electron chi connectivity index (χ3n) is 3.96. The molecular formula is C15H15N3O4S. The predicted molar refractivity (Wildman–Crippen MR) is 85.6 cm³/mol. The van der Waals surface area contributed by atoms with Crippen molar-refractivity contribution in [2.75, 3.05) is 5.32 Å². The number of fused-ring (bicyclic) bond motifs is 1. The fourth-order valence-electron chi connectivity index (χ4n) is 2.86. The molecule has 7 nitrogen and oxygen atoms in total. The summed E-state index contributed by atoms with van der Waals surface area (Å²) in [5.41, 5.74) is 2.30. The first-order chi connectivity index (χ1) is 10.9. The lowest BCUT2D eigenvalue weighted by Crippen LogP contribution is -2.13. The highest BCUT2D eigenvalue weighted by Crippen LogP contribution is 2.36. The van der Waals surface area contributed by atoms with E-state index in [2.05, 4.69) is 5.32 Å². The maximum atomic E-state index is 11.4. The van der Waals surface area contributed by atoms with Crippen LogP contribution in [0.5, 0.6) is 0 Å². The molecule has 1 atom stereocenters. The zero-order valence-electron chi connectivity index (χ0n) is 12.1. The Labute approximate surface area is 133 Å². The van der Waals surface area contributed by atoms with Crippen LogP contribution < -0.4 is 10.5 Å². The lowest BCUT2D eigenvalue weighted by molar-refractivity contribution is -0.384. The topological polar surface area (TPSA) is 115 Å². The lowest BCUT2D eigenvalue weighted by Gasteiger charge is -2.16. The van der Waals surface area contributed by atoms with Gasteiger partial charge in [0.25, 0.3) is 5.69 Å². The predicted octanol–water partition coefficient (Wildman–Crippen LogP) is 2.34. The second-order valence-electron chi connectivity index (χ2n) is 5.42. The summed E-state index contributed by atoms with van der Waals surface area (Å²) in [4.78, 5) is 10.4. The summed E-state index contributed by atoms with van der Waals surface area (Å²) in [5, 5.41) is 19.4. The Morgan fingerprint density at radius 1 is 1.22 bits per heavy atom. The zero-order chi connectivity index (χ0) is 16.6. The van der Waals surface area contributed by atoms with Crippen molar-refractivity contribution in [1.82, 2.24) is 0 Å². The van der Waals surface area contributed by atoms with Crippen LogP contribution in [0.15, 0.2) is 47.4 Å². The third kappa shape index (κ3) is 3.03. The summed E-state index contributed by atoms with van der Waals surface area (Å²) in [7, 11) is -3.98. The van der Waals surface area contributed by atoms with E-state index in [9.17, 15) is 18.5 Å². The average Bonchev–Trinajstić information content (AvgIpc) is 2.90. The molecule has 0 aromatic heterocycles. The minimum atomic E-state index is -3.98. The van der Waals surface area contributed by atoms with Gasteiger partial charge < -0.3 is 5.32 Å². The number of nitrogens with two attached hydrogens (primary N) is 1. The fraction of sp³-hybridized carbons (Fsp3) is 0.200. The summed E-state index contributed by atoms with van der Waals surface area (Å²) < 4.78 is 22.7. The Kier molecular flexibility index (Phi) is 3.78. The molecule has 1 aliphatic rings. The van der Waals surface area contributed by atoms with Crippen LogP contribution in [0, 0.1) is 10.1 Å². The number of rotatable bonds is 4. The van der Waals surface area contributed by atoms with Gasteiger partial charge in [-0.05, 0) is 36.1 Å². The molecule has 3 rings (SSSR count). The van der Waals surface area contributed by atoms with Crippen molar-refractivity contribution in [2.45, 2.75) is 23.8 Å². The van der Waals surface area contributed by atoms with Gasteiger partial charge in [0.1, 0.15) is 5.69 Å². The van der Waals surface area contributed by atoms with Gasteiger partial charge in [-0.1, -0.05) is 24.3 Å². The second-order valence-corrected chi connectivity index (χ2v) is 6.98. The summed E-state index contributed by atoms with van der Waals surface area (Å²) in [6, 6.07) is 11.5. The first kappa shape index (κ1) is 15.4. The molecular weight excluding hydrogens is 318 g/mol. The van der Waals surface area contributed by atoms with E-state index in [1.165, 1.54) is 17.7 Å². The number of nitrogens with zero attached hydrogens (tertiary/aromatic N) is 1. The maximum Gasteiger partial charge on any atom is 0.293 e. The number of benzene rings is 2. The molecule has 0 unspecified atom stereocenters. The van der Waals surface area contributed by atoms with Crippen molar-refractivity contribution in [3.63, 3.8) is 0 Å².